The molecule has 0 bridgehead atoms. The van der Waals surface area contributed by atoms with Crippen LogP contribution in [0.3, 0.4) is 0 Å². The van der Waals surface area contributed by atoms with Crippen molar-refractivity contribution >= 4 is 0 Å². The van der Waals surface area contributed by atoms with Crippen molar-refractivity contribution in [2.24, 2.45) is 0 Å². The number of rotatable bonds is 0. The Labute approximate surface area is 52.6 Å². The van der Waals surface area contributed by atoms with Gasteiger partial charge >= 0.3 is 0 Å². The maximum Gasteiger partial charge on any atom is 0.117 e. The molecule has 0 radical (unpaired) electrons. The zero-order valence-corrected chi connectivity index (χ0v) is 4.77. The third-order valence-electron chi connectivity index (χ3n) is 1.75. The summed E-state index contributed by atoms with van der Waals surface area (Å²) >= 11 is 0. The number of aliphatic hydroxyl groups excluding tert-OH is 2. The van der Waals surface area contributed by atoms with E-state index in [2.05, 4.69) is 0 Å². The van der Waals surface area contributed by atoms with Crippen molar-refractivity contribution in [1.82, 2.24) is 0 Å². The molecule has 0 aromatic carbocycles. The van der Waals surface area contributed by atoms with Crippen LogP contribution in [0.15, 0.2) is 12.2 Å². The van der Waals surface area contributed by atoms with Gasteiger partial charge in [0.2, 0.25) is 0 Å². The van der Waals surface area contributed by atoms with Gasteiger partial charge in [-0.3, -0.25) is 0 Å². The summed E-state index contributed by atoms with van der Waals surface area (Å²) in [6.45, 7) is 0. The Bertz CT molecular complexity index is 154. The highest BCUT2D eigenvalue weighted by Gasteiger charge is 2.47. The minimum absolute atomic E-state index is 0.0726. The fourth-order valence-corrected chi connectivity index (χ4v) is 1.10. The number of hydrogen-bond donors (Lipinski definition) is 2. The first kappa shape index (κ1) is 5.41. The van der Waals surface area contributed by atoms with Gasteiger partial charge in [0.15, 0.2) is 0 Å². The fourth-order valence-electron chi connectivity index (χ4n) is 1.10. The lowest BCUT2D eigenvalue weighted by molar-refractivity contribution is 0.0288. The molecule has 1 aliphatic carbocycles. The van der Waals surface area contributed by atoms with E-state index in [1.165, 1.54) is 0 Å². The molecule has 0 aromatic heterocycles. The monoisotopic (exact) mass is 128 g/mol. The van der Waals surface area contributed by atoms with Gasteiger partial charge in [0.1, 0.15) is 24.4 Å². The van der Waals surface area contributed by atoms with Crippen LogP contribution < -0.4 is 0 Å². The number of ether oxygens (including phenoxy) is 1. The summed E-state index contributed by atoms with van der Waals surface area (Å²) in [4.78, 5) is 0. The SMILES string of the molecule is O[C@@H]1[C@@H]2O[C@@H]2C=C[C@H]1O. The molecule has 1 fully saturated rings. The molecular weight excluding hydrogens is 120 g/mol. The zero-order chi connectivity index (χ0) is 6.43. The Morgan fingerprint density at radius 3 is 2.67 bits per heavy atom. The molecule has 1 aliphatic heterocycles. The number of hydrogen-bond acceptors (Lipinski definition) is 3. The van der Waals surface area contributed by atoms with E-state index in [-0.39, 0.29) is 12.2 Å². The van der Waals surface area contributed by atoms with Crippen molar-refractivity contribution in [2.45, 2.75) is 24.4 Å². The maximum absolute atomic E-state index is 9.06. The van der Waals surface area contributed by atoms with Gasteiger partial charge in [0.25, 0.3) is 0 Å². The average Bonchev–Trinajstić information content (AvgIpc) is 2.58. The van der Waals surface area contributed by atoms with Gasteiger partial charge in [0.05, 0.1) is 0 Å². The standard InChI is InChI=1S/C6H8O3/c7-3-1-2-4-6(9-4)5(3)8/h1-8H/t3-,4-,5+,6-/m1/s1. The second-order valence-electron chi connectivity index (χ2n) is 2.43. The van der Waals surface area contributed by atoms with Gasteiger partial charge < -0.3 is 14.9 Å². The molecule has 4 atom stereocenters. The summed E-state index contributed by atoms with van der Waals surface area (Å²) in [5.41, 5.74) is 0. The largest absolute Gasteiger partial charge is 0.387 e. The molecule has 3 nitrogen and oxygen atoms in total. The highest BCUT2D eigenvalue weighted by molar-refractivity contribution is 5.15. The second kappa shape index (κ2) is 1.56. The van der Waals surface area contributed by atoms with E-state index in [0.29, 0.717) is 0 Å². The predicted octanol–water partition coefficient (Wildman–Crippen LogP) is -0.955. The summed E-state index contributed by atoms with van der Waals surface area (Å²) in [6.07, 6.45) is 1.85. The number of aliphatic hydroxyl groups is 2. The normalized spacial score (nSPS) is 54.9. The highest BCUT2D eigenvalue weighted by Crippen LogP contribution is 2.31. The molecule has 1 heterocycles. The van der Waals surface area contributed by atoms with E-state index < -0.39 is 12.2 Å². The van der Waals surface area contributed by atoms with Gasteiger partial charge in [-0.15, -0.1) is 0 Å². The van der Waals surface area contributed by atoms with E-state index in [0.717, 1.165) is 0 Å². The van der Waals surface area contributed by atoms with Crippen molar-refractivity contribution in [3.05, 3.63) is 12.2 Å². The molecule has 0 aromatic rings. The Kier molecular flexibility index (Phi) is 0.939. The van der Waals surface area contributed by atoms with Crippen LogP contribution in [0.4, 0.5) is 0 Å². The van der Waals surface area contributed by atoms with Crippen molar-refractivity contribution in [1.29, 1.82) is 0 Å². The first-order chi connectivity index (χ1) is 4.29. The van der Waals surface area contributed by atoms with Gasteiger partial charge in [0, 0.05) is 0 Å². The smallest absolute Gasteiger partial charge is 0.117 e. The maximum atomic E-state index is 9.06. The number of epoxide rings is 1. The average molecular weight is 128 g/mol. The Morgan fingerprint density at radius 2 is 2.00 bits per heavy atom. The van der Waals surface area contributed by atoms with E-state index in [4.69, 9.17) is 14.9 Å². The molecule has 1 saturated heterocycles. The van der Waals surface area contributed by atoms with E-state index in [1.807, 2.05) is 0 Å². The third-order valence-corrected chi connectivity index (χ3v) is 1.75. The van der Waals surface area contributed by atoms with Crippen LogP contribution in [-0.2, 0) is 4.74 Å². The lowest BCUT2D eigenvalue weighted by atomic mass is 10.0. The summed E-state index contributed by atoms with van der Waals surface area (Å²) in [5.74, 6) is 0. The second-order valence-corrected chi connectivity index (χ2v) is 2.43. The minimum Gasteiger partial charge on any atom is -0.387 e. The van der Waals surface area contributed by atoms with Crippen LogP contribution in [0.1, 0.15) is 0 Å². The lowest BCUT2D eigenvalue weighted by Crippen LogP contribution is -2.32. The summed E-state index contributed by atoms with van der Waals surface area (Å²) in [6, 6.07) is 0. The highest BCUT2D eigenvalue weighted by atomic mass is 16.6. The summed E-state index contributed by atoms with van der Waals surface area (Å²) < 4.78 is 4.96. The number of fused-ring (bicyclic) bond motifs is 1. The molecular formula is C6H8O3. The predicted molar refractivity (Wildman–Crippen MR) is 29.8 cm³/mol. The van der Waals surface area contributed by atoms with Crippen LogP contribution in [0.5, 0.6) is 0 Å². The van der Waals surface area contributed by atoms with Crippen LogP contribution in [0.25, 0.3) is 0 Å². The molecule has 2 rings (SSSR count). The molecule has 0 unspecified atom stereocenters. The Balaban J connectivity index is 2.16. The van der Waals surface area contributed by atoms with Gasteiger partial charge in [-0.05, 0) is 0 Å². The Hall–Kier alpha value is -0.380. The Morgan fingerprint density at radius 1 is 1.22 bits per heavy atom. The van der Waals surface area contributed by atoms with Crippen molar-refractivity contribution in [2.75, 3.05) is 0 Å². The van der Waals surface area contributed by atoms with Crippen molar-refractivity contribution < 1.29 is 14.9 Å². The molecule has 0 amide bonds. The van der Waals surface area contributed by atoms with Crippen LogP contribution in [0, 0.1) is 0 Å². The molecule has 50 valence electrons. The molecule has 2 aliphatic rings. The zero-order valence-electron chi connectivity index (χ0n) is 4.77. The first-order valence-electron chi connectivity index (χ1n) is 2.99. The molecule has 0 saturated carbocycles. The van der Waals surface area contributed by atoms with Crippen molar-refractivity contribution in [3.8, 4) is 0 Å². The molecule has 0 spiro atoms. The van der Waals surface area contributed by atoms with Gasteiger partial charge in [-0.2, -0.15) is 0 Å². The van der Waals surface area contributed by atoms with E-state index >= 15 is 0 Å². The van der Waals surface area contributed by atoms with Gasteiger partial charge in [-0.1, -0.05) is 12.2 Å². The van der Waals surface area contributed by atoms with Crippen LogP contribution >= 0.6 is 0 Å². The van der Waals surface area contributed by atoms with E-state index in [9.17, 15) is 0 Å². The fraction of sp³-hybridized carbons (Fsp3) is 0.667. The van der Waals surface area contributed by atoms with Gasteiger partial charge in [-0.25, -0.2) is 0 Å². The molecule has 3 heteroatoms. The third kappa shape index (κ3) is 0.694. The lowest BCUT2D eigenvalue weighted by Gasteiger charge is -2.13. The summed E-state index contributed by atoms with van der Waals surface area (Å²) in [7, 11) is 0. The topological polar surface area (TPSA) is 53.0 Å². The molecule has 2 N–H and O–H groups in total. The molecule has 9 heavy (non-hydrogen) atoms. The minimum atomic E-state index is -0.728. The van der Waals surface area contributed by atoms with E-state index in [1.54, 1.807) is 12.2 Å². The summed E-state index contributed by atoms with van der Waals surface area (Å²) in [5, 5.41) is 18.0. The van der Waals surface area contributed by atoms with Crippen molar-refractivity contribution in [3.63, 3.8) is 0 Å². The quantitative estimate of drug-likeness (QED) is 0.326. The van der Waals surface area contributed by atoms with Crippen LogP contribution in [0.2, 0.25) is 0 Å². The first-order valence-corrected chi connectivity index (χ1v) is 2.99. The van der Waals surface area contributed by atoms with Crippen LogP contribution in [-0.4, -0.2) is 34.6 Å².